The van der Waals surface area contributed by atoms with Crippen molar-refractivity contribution in [1.29, 1.82) is 0 Å². The molecule has 1 unspecified atom stereocenters. The molecule has 0 heterocycles. The first kappa shape index (κ1) is 12.5. The predicted molar refractivity (Wildman–Crippen MR) is 64.9 cm³/mol. The number of halogens is 1. The van der Waals surface area contributed by atoms with Crippen molar-refractivity contribution in [1.82, 2.24) is 0 Å². The monoisotopic (exact) mass is 262 g/mol. The highest BCUT2D eigenvalue weighted by atomic mass is 79.9. The standard InChI is InChI=1S/C12H23BrO/c1-10(2)4-8-14-9-7-12(5-6-12)11(3)13/h10-11H,4-9H2,1-3H3. The lowest BCUT2D eigenvalue weighted by atomic mass is 10.00. The van der Waals surface area contributed by atoms with Gasteiger partial charge in [-0.05, 0) is 37.0 Å². The minimum atomic E-state index is 0.581. The van der Waals surface area contributed by atoms with Gasteiger partial charge in [-0.2, -0.15) is 0 Å². The van der Waals surface area contributed by atoms with Crippen LogP contribution in [0.2, 0.25) is 0 Å². The van der Waals surface area contributed by atoms with Crippen LogP contribution in [0, 0.1) is 11.3 Å². The Hall–Kier alpha value is 0.440. The van der Waals surface area contributed by atoms with Crippen LogP contribution in [0.3, 0.4) is 0 Å². The van der Waals surface area contributed by atoms with E-state index in [1.54, 1.807) is 0 Å². The number of hydrogen-bond donors (Lipinski definition) is 0. The molecule has 0 aromatic heterocycles. The molecule has 0 aliphatic heterocycles. The number of hydrogen-bond acceptors (Lipinski definition) is 1. The fraction of sp³-hybridized carbons (Fsp3) is 1.00. The van der Waals surface area contributed by atoms with Gasteiger partial charge in [-0.15, -0.1) is 0 Å². The molecule has 1 atom stereocenters. The average Bonchev–Trinajstić information content (AvgIpc) is 2.84. The Morgan fingerprint density at radius 2 is 1.86 bits per heavy atom. The first-order valence-corrected chi connectivity index (χ1v) is 6.70. The van der Waals surface area contributed by atoms with Gasteiger partial charge < -0.3 is 4.74 Å². The van der Waals surface area contributed by atoms with Crippen LogP contribution in [0.25, 0.3) is 0 Å². The molecule has 14 heavy (non-hydrogen) atoms. The summed E-state index contributed by atoms with van der Waals surface area (Å²) in [5.41, 5.74) is 0.581. The van der Waals surface area contributed by atoms with Gasteiger partial charge in [-0.1, -0.05) is 36.7 Å². The summed E-state index contributed by atoms with van der Waals surface area (Å²) < 4.78 is 5.65. The Morgan fingerprint density at radius 3 is 2.29 bits per heavy atom. The van der Waals surface area contributed by atoms with Crippen LogP contribution in [0.4, 0.5) is 0 Å². The molecule has 1 saturated carbocycles. The maximum absolute atomic E-state index is 5.65. The maximum atomic E-state index is 5.65. The smallest absolute Gasteiger partial charge is 0.0471 e. The quantitative estimate of drug-likeness (QED) is 0.498. The molecule has 0 amide bonds. The first-order chi connectivity index (χ1) is 6.57. The summed E-state index contributed by atoms with van der Waals surface area (Å²) in [4.78, 5) is 0.656. The summed E-state index contributed by atoms with van der Waals surface area (Å²) in [5.74, 6) is 0.764. The number of ether oxygens (including phenoxy) is 1. The number of rotatable bonds is 7. The Labute approximate surface area is 96.7 Å². The lowest BCUT2D eigenvalue weighted by Crippen LogP contribution is -2.15. The Kier molecular flexibility index (Phi) is 4.92. The molecule has 0 N–H and O–H groups in total. The molecule has 1 rings (SSSR count). The van der Waals surface area contributed by atoms with Gasteiger partial charge in [0.15, 0.2) is 0 Å². The van der Waals surface area contributed by atoms with Crippen LogP contribution >= 0.6 is 15.9 Å². The summed E-state index contributed by atoms with van der Waals surface area (Å²) in [6, 6.07) is 0. The van der Waals surface area contributed by atoms with Gasteiger partial charge >= 0.3 is 0 Å². The summed E-state index contributed by atoms with van der Waals surface area (Å²) >= 11 is 3.70. The van der Waals surface area contributed by atoms with Crippen LogP contribution in [0.15, 0.2) is 0 Å². The van der Waals surface area contributed by atoms with Crippen molar-refractivity contribution < 1.29 is 4.74 Å². The lowest BCUT2D eigenvalue weighted by molar-refractivity contribution is 0.108. The van der Waals surface area contributed by atoms with Gasteiger partial charge in [0.25, 0.3) is 0 Å². The van der Waals surface area contributed by atoms with Crippen LogP contribution in [0.5, 0.6) is 0 Å². The second kappa shape index (κ2) is 5.50. The molecule has 0 bridgehead atoms. The Bertz CT molecular complexity index is 162. The summed E-state index contributed by atoms with van der Waals surface area (Å²) in [5, 5.41) is 0. The van der Waals surface area contributed by atoms with Gasteiger partial charge in [-0.25, -0.2) is 0 Å². The van der Waals surface area contributed by atoms with E-state index in [-0.39, 0.29) is 0 Å². The van der Waals surface area contributed by atoms with E-state index in [2.05, 4.69) is 36.7 Å². The van der Waals surface area contributed by atoms with Crippen LogP contribution in [-0.2, 0) is 4.74 Å². The largest absolute Gasteiger partial charge is 0.381 e. The Morgan fingerprint density at radius 1 is 1.21 bits per heavy atom. The van der Waals surface area contributed by atoms with Gasteiger partial charge in [-0.3, -0.25) is 0 Å². The minimum absolute atomic E-state index is 0.581. The first-order valence-electron chi connectivity index (χ1n) is 5.79. The Balaban J connectivity index is 1.99. The van der Waals surface area contributed by atoms with Crippen LogP contribution < -0.4 is 0 Å². The molecular formula is C12H23BrO. The zero-order valence-corrected chi connectivity index (χ0v) is 11.3. The third kappa shape index (κ3) is 3.90. The highest BCUT2D eigenvalue weighted by Crippen LogP contribution is 2.54. The van der Waals surface area contributed by atoms with E-state index >= 15 is 0 Å². The fourth-order valence-electron chi connectivity index (χ4n) is 1.70. The molecule has 0 aromatic carbocycles. The molecule has 1 fully saturated rings. The predicted octanol–water partition coefficient (Wildman–Crippen LogP) is 4.00. The van der Waals surface area contributed by atoms with Gasteiger partial charge in [0.1, 0.15) is 0 Å². The van der Waals surface area contributed by atoms with Crippen molar-refractivity contribution in [3.63, 3.8) is 0 Å². The van der Waals surface area contributed by atoms with Crippen molar-refractivity contribution in [2.45, 2.75) is 51.3 Å². The normalized spacial score (nSPS) is 21.2. The van der Waals surface area contributed by atoms with Gasteiger partial charge in [0.2, 0.25) is 0 Å². The van der Waals surface area contributed by atoms with E-state index in [1.807, 2.05) is 0 Å². The minimum Gasteiger partial charge on any atom is -0.381 e. The molecule has 1 aliphatic rings. The molecule has 0 radical (unpaired) electrons. The topological polar surface area (TPSA) is 9.23 Å². The number of alkyl halides is 1. The zero-order chi connectivity index (χ0) is 10.6. The molecular weight excluding hydrogens is 240 g/mol. The van der Waals surface area contributed by atoms with Crippen LogP contribution in [-0.4, -0.2) is 18.0 Å². The molecule has 84 valence electrons. The summed E-state index contributed by atoms with van der Waals surface area (Å²) in [7, 11) is 0. The third-order valence-electron chi connectivity index (χ3n) is 3.32. The molecule has 0 saturated heterocycles. The highest BCUT2D eigenvalue weighted by molar-refractivity contribution is 9.09. The van der Waals surface area contributed by atoms with Crippen molar-refractivity contribution >= 4 is 15.9 Å². The van der Waals surface area contributed by atoms with E-state index in [9.17, 15) is 0 Å². The molecule has 1 aliphatic carbocycles. The van der Waals surface area contributed by atoms with E-state index in [0.29, 0.717) is 10.2 Å². The van der Waals surface area contributed by atoms with E-state index in [4.69, 9.17) is 4.74 Å². The van der Waals surface area contributed by atoms with E-state index in [1.165, 1.54) is 25.7 Å². The van der Waals surface area contributed by atoms with Crippen molar-refractivity contribution in [3.05, 3.63) is 0 Å². The highest BCUT2D eigenvalue weighted by Gasteiger charge is 2.45. The maximum Gasteiger partial charge on any atom is 0.0471 e. The molecule has 1 nitrogen and oxygen atoms in total. The molecule has 0 spiro atoms. The van der Waals surface area contributed by atoms with Gasteiger partial charge in [0.05, 0.1) is 0 Å². The summed E-state index contributed by atoms with van der Waals surface area (Å²) in [6.45, 7) is 8.63. The fourth-order valence-corrected chi connectivity index (χ4v) is 2.39. The second-order valence-electron chi connectivity index (χ2n) is 5.02. The van der Waals surface area contributed by atoms with Crippen molar-refractivity contribution in [2.75, 3.05) is 13.2 Å². The van der Waals surface area contributed by atoms with E-state index in [0.717, 1.165) is 19.1 Å². The lowest BCUT2D eigenvalue weighted by Gasteiger charge is -2.17. The zero-order valence-electron chi connectivity index (χ0n) is 9.68. The van der Waals surface area contributed by atoms with Crippen molar-refractivity contribution in [3.8, 4) is 0 Å². The second-order valence-corrected chi connectivity index (χ2v) is 6.40. The summed E-state index contributed by atoms with van der Waals surface area (Å²) in [6.07, 6.45) is 5.19. The third-order valence-corrected chi connectivity index (χ3v) is 4.29. The average molecular weight is 263 g/mol. The molecule has 2 heteroatoms. The van der Waals surface area contributed by atoms with Crippen molar-refractivity contribution in [2.24, 2.45) is 11.3 Å². The molecule has 0 aromatic rings. The van der Waals surface area contributed by atoms with Crippen LogP contribution in [0.1, 0.15) is 46.5 Å². The van der Waals surface area contributed by atoms with E-state index < -0.39 is 0 Å². The SMILES string of the molecule is CC(C)CCOCCC1(C(C)Br)CC1. The van der Waals surface area contributed by atoms with Gasteiger partial charge in [0, 0.05) is 18.0 Å².